The molecule has 1 N–H and O–H groups in total. The second-order valence-corrected chi connectivity index (χ2v) is 7.69. The van der Waals surface area contributed by atoms with Crippen LogP contribution < -0.4 is 14.4 Å². The first kappa shape index (κ1) is 20.6. The van der Waals surface area contributed by atoms with Crippen LogP contribution in [0.3, 0.4) is 0 Å². The molecule has 0 unspecified atom stereocenters. The zero-order chi connectivity index (χ0) is 22.6. The maximum atomic E-state index is 11.8. The number of aromatic nitrogens is 3. The van der Waals surface area contributed by atoms with E-state index in [4.69, 9.17) is 9.47 Å². The van der Waals surface area contributed by atoms with E-state index in [-0.39, 0.29) is 11.7 Å². The van der Waals surface area contributed by atoms with Crippen LogP contribution in [0.5, 0.6) is 11.6 Å². The second-order valence-electron chi connectivity index (χ2n) is 7.69. The van der Waals surface area contributed by atoms with Gasteiger partial charge in [-0.2, -0.15) is 0 Å². The zero-order valence-corrected chi connectivity index (χ0v) is 17.7. The number of benzene rings is 2. The highest BCUT2D eigenvalue weighted by Gasteiger charge is 2.31. The van der Waals surface area contributed by atoms with Gasteiger partial charge in [-0.05, 0) is 42.0 Å². The van der Waals surface area contributed by atoms with Gasteiger partial charge in [0.2, 0.25) is 5.88 Å². The Labute approximate surface area is 190 Å². The first-order valence-corrected chi connectivity index (χ1v) is 10.6. The summed E-state index contributed by atoms with van der Waals surface area (Å²) in [6.07, 6.45) is 8.51. The van der Waals surface area contributed by atoms with Gasteiger partial charge in [-0.15, -0.1) is 0 Å². The van der Waals surface area contributed by atoms with Crippen LogP contribution in [0.25, 0.3) is 5.69 Å². The van der Waals surface area contributed by atoms with E-state index in [1.165, 1.54) is 0 Å². The summed E-state index contributed by atoms with van der Waals surface area (Å²) >= 11 is 0. The predicted octanol–water partition coefficient (Wildman–Crippen LogP) is 3.81. The topological polar surface area (TPSA) is 89.7 Å². The Balaban J connectivity index is 1.21. The number of anilines is 1. The molecule has 1 fully saturated rings. The van der Waals surface area contributed by atoms with Crippen molar-refractivity contribution >= 4 is 11.7 Å². The number of carboxylic acid groups (broad SMARTS) is 1. The van der Waals surface area contributed by atoms with Crippen molar-refractivity contribution in [2.75, 3.05) is 18.0 Å². The number of carbonyl (C=O) groups is 1. The number of ether oxygens (including phenoxy) is 2. The van der Waals surface area contributed by atoms with E-state index >= 15 is 0 Å². The lowest BCUT2D eigenvalue weighted by molar-refractivity contribution is 0.0697. The molecule has 166 valence electrons. The number of nitrogens with zero attached hydrogens (tertiary/aromatic N) is 4. The summed E-state index contributed by atoms with van der Waals surface area (Å²) in [5.41, 5.74) is 2.82. The minimum atomic E-state index is -0.947. The Morgan fingerprint density at radius 1 is 1.03 bits per heavy atom. The smallest absolute Gasteiger partial charge is 0.337 e. The number of hydrogen-bond donors (Lipinski definition) is 1. The zero-order valence-electron chi connectivity index (χ0n) is 17.7. The molecule has 2 aromatic heterocycles. The van der Waals surface area contributed by atoms with Gasteiger partial charge in [0.05, 0.1) is 36.2 Å². The molecule has 3 heterocycles. The molecule has 4 aromatic rings. The first-order valence-electron chi connectivity index (χ1n) is 10.6. The lowest BCUT2D eigenvalue weighted by Gasteiger charge is -2.41. The van der Waals surface area contributed by atoms with Crippen LogP contribution in [0.1, 0.15) is 15.9 Å². The summed E-state index contributed by atoms with van der Waals surface area (Å²) in [6, 6.07) is 16.9. The van der Waals surface area contributed by atoms with E-state index < -0.39 is 5.97 Å². The van der Waals surface area contributed by atoms with Gasteiger partial charge in [-0.1, -0.05) is 18.2 Å². The van der Waals surface area contributed by atoms with Gasteiger partial charge in [0.15, 0.2) is 0 Å². The van der Waals surface area contributed by atoms with Crippen molar-refractivity contribution in [3.8, 4) is 17.3 Å². The van der Waals surface area contributed by atoms with Gasteiger partial charge < -0.3 is 24.0 Å². The summed E-state index contributed by atoms with van der Waals surface area (Å²) in [5.74, 6) is 0.323. The third-order valence-corrected chi connectivity index (χ3v) is 5.45. The summed E-state index contributed by atoms with van der Waals surface area (Å²) in [4.78, 5) is 22.0. The Morgan fingerprint density at radius 3 is 2.52 bits per heavy atom. The number of aromatic carboxylic acids is 1. The molecule has 8 nitrogen and oxygen atoms in total. The molecule has 0 saturated carbocycles. The lowest BCUT2D eigenvalue weighted by atomic mass is 10.1. The van der Waals surface area contributed by atoms with Crippen LogP contribution in [0.4, 0.5) is 5.69 Å². The average Bonchev–Trinajstić information content (AvgIpc) is 3.35. The molecule has 1 saturated heterocycles. The monoisotopic (exact) mass is 442 g/mol. The van der Waals surface area contributed by atoms with Gasteiger partial charge >= 0.3 is 5.97 Å². The van der Waals surface area contributed by atoms with Crippen molar-refractivity contribution in [2.45, 2.75) is 12.7 Å². The maximum absolute atomic E-state index is 11.8. The third-order valence-electron chi connectivity index (χ3n) is 5.45. The lowest BCUT2D eigenvalue weighted by Crippen LogP contribution is -2.54. The molecule has 0 amide bonds. The van der Waals surface area contributed by atoms with E-state index in [9.17, 15) is 9.90 Å². The molecule has 1 aliphatic heterocycles. The van der Waals surface area contributed by atoms with Crippen molar-refractivity contribution < 1.29 is 19.4 Å². The Bertz CT molecular complexity index is 1220. The summed E-state index contributed by atoms with van der Waals surface area (Å²) in [6.45, 7) is 1.75. The van der Waals surface area contributed by atoms with Crippen LogP contribution in [-0.2, 0) is 6.61 Å². The Hall–Kier alpha value is -4.33. The number of rotatable bonds is 8. The minimum Gasteiger partial charge on any atom is -0.487 e. The molecule has 2 aromatic carbocycles. The van der Waals surface area contributed by atoms with Gasteiger partial charge in [0.25, 0.3) is 0 Å². The van der Waals surface area contributed by atoms with E-state index in [2.05, 4.69) is 14.9 Å². The van der Waals surface area contributed by atoms with E-state index in [0.29, 0.717) is 31.3 Å². The van der Waals surface area contributed by atoms with Crippen LogP contribution in [0.2, 0.25) is 0 Å². The molecule has 0 radical (unpaired) electrons. The molecular weight excluding hydrogens is 420 g/mol. The van der Waals surface area contributed by atoms with Crippen LogP contribution in [-0.4, -0.2) is 44.8 Å². The van der Waals surface area contributed by atoms with Gasteiger partial charge in [0, 0.05) is 24.8 Å². The summed E-state index contributed by atoms with van der Waals surface area (Å²) in [5, 5.41) is 9.66. The molecule has 0 atom stereocenters. The molecule has 0 aliphatic carbocycles. The molecule has 0 spiro atoms. The molecular formula is C25H22N4O4. The molecule has 5 rings (SSSR count). The molecule has 33 heavy (non-hydrogen) atoms. The number of para-hydroxylation sites is 1. The Morgan fingerprint density at radius 2 is 1.82 bits per heavy atom. The van der Waals surface area contributed by atoms with Gasteiger partial charge in [-0.3, -0.25) is 4.98 Å². The summed E-state index contributed by atoms with van der Waals surface area (Å²) < 4.78 is 13.6. The van der Waals surface area contributed by atoms with Crippen molar-refractivity contribution in [1.82, 2.24) is 14.5 Å². The highest BCUT2D eigenvalue weighted by molar-refractivity contribution is 5.95. The molecule has 0 bridgehead atoms. The largest absolute Gasteiger partial charge is 0.487 e. The van der Waals surface area contributed by atoms with Gasteiger partial charge in [0.1, 0.15) is 18.5 Å². The SMILES string of the molecule is O=C(O)c1cccc(N2CC(Oc3ccc(COc4cnccn4)cc3)C2)c1-n1cccc1. The summed E-state index contributed by atoms with van der Waals surface area (Å²) in [7, 11) is 0. The number of carboxylic acids is 1. The van der Waals surface area contributed by atoms with Crippen molar-refractivity contribution in [3.63, 3.8) is 0 Å². The fourth-order valence-electron chi connectivity index (χ4n) is 3.80. The highest BCUT2D eigenvalue weighted by atomic mass is 16.5. The average molecular weight is 442 g/mol. The maximum Gasteiger partial charge on any atom is 0.337 e. The second kappa shape index (κ2) is 9.04. The van der Waals surface area contributed by atoms with E-state index in [0.717, 1.165) is 17.0 Å². The quantitative estimate of drug-likeness (QED) is 0.444. The first-order chi connectivity index (χ1) is 16.2. The van der Waals surface area contributed by atoms with Crippen LogP contribution in [0.15, 0.2) is 85.6 Å². The number of hydrogen-bond acceptors (Lipinski definition) is 6. The van der Waals surface area contributed by atoms with Crippen molar-refractivity contribution in [1.29, 1.82) is 0 Å². The van der Waals surface area contributed by atoms with Gasteiger partial charge in [-0.25, -0.2) is 9.78 Å². The Kier molecular flexibility index (Phi) is 5.63. The minimum absolute atomic E-state index is 0.0256. The van der Waals surface area contributed by atoms with E-state index in [1.807, 2.05) is 59.4 Å². The predicted molar refractivity (Wildman–Crippen MR) is 122 cm³/mol. The molecule has 8 heteroatoms. The molecule has 1 aliphatic rings. The standard InChI is InChI=1S/C25H22N4O4/c30-25(31)21-4-3-5-22(24(21)28-12-1-2-13-28)29-15-20(16-29)33-19-8-6-18(7-9-19)17-32-23-14-26-10-11-27-23/h1-14,20H,15-17H2,(H,30,31). The van der Waals surface area contributed by atoms with Crippen LogP contribution in [0, 0.1) is 0 Å². The fourth-order valence-corrected chi connectivity index (χ4v) is 3.80. The van der Waals surface area contributed by atoms with E-state index in [1.54, 1.807) is 30.7 Å². The third kappa shape index (κ3) is 4.50. The van der Waals surface area contributed by atoms with Crippen molar-refractivity contribution in [3.05, 3.63) is 96.7 Å². The van der Waals surface area contributed by atoms with Crippen LogP contribution >= 0.6 is 0 Å². The normalized spacial score (nSPS) is 13.4. The highest BCUT2D eigenvalue weighted by Crippen LogP contribution is 2.32. The van der Waals surface area contributed by atoms with Crippen molar-refractivity contribution in [2.24, 2.45) is 0 Å². The fraction of sp³-hybridized carbons (Fsp3) is 0.160.